The number of hydrogen-bond acceptors (Lipinski definition) is 6. The van der Waals surface area contributed by atoms with E-state index in [-0.39, 0.29) is 16.8 Å². The second-order valence-corrected chi connectivity index (χ2v) is 12.1. The number of amides is 1. The zero-order valence-electron chi connectivity index (χ0n) is 20.6. The first-order valence-electron chi connectivity index (χ1n) is 11.7. The Morgan fingerprint density at radius 3 is 2.39 bits per heavy atom. The van der Waals surface area contributed by atoms with Gasteiger partial charge in [0.1, 0.15) is 10.0 Å². The maximum absolute atomic E-state index is 13.2. The highest BCUT2D eigenvalue weighted by Crippen LogP contribution is 2.36. The van der Waals surface area contributed by atoms with E-state index in [0.29, 0.717) is 39.1 Å². The lowest BCUT2D eigenvalue weighted by Gasteiger charge is -2.18. The maximum Gasteiger partial charge on any atom is 0.266 e. The van der Waals surface area contributed by atoms with Gasteiger partial charge in [0.25, 0.3) is 5.91 Å². The molecule has 7 nitrogen and oxygen atoms in total. The molecule has 0 aliphatic carbocycles. The van der Waals surface area contributed by atoms with Crippen molar-refractivity contribution in [3.05, 3.63) is 71.3 Å². The predicted molar refractivity (Wildman–Crippen MR) is 149 cm³/mol. The molecule has 0 spiro atoms. The lowest BCUT2D eigenvalue weighted by molar-refractivity contribution is -0.123. The van der Waals surface area contributed by atoms with E-state index in [1.165, 1.54) is 16.1 Å². The number of nitrogens with zero attached hydrogens (tertiary/aromatic N) is 4. The van der Waals surface area contributed by atoms with Crippen molar-refractivity contribution in [2.24, 2.45) is 0 Å². The van der Waals surface area contributed by atoms with E-state index in [0.717, 1.165) is 5.69 Å². The van der Waals surface area contributed by atoms with E-state index < -0.39 is 10.0 Å². The van der Waals surface area contributed by atoms with Crippen LogP contribution in [0.2, 0.25) is 0 Å². The number of carbonyl (C=O) groups excluding carboxylic acids is 1. The van der Waals surface area contributed by atoms with Gasteiger partial charge in [-0.05, 0) is 44.2 Å². The van der Waals surface area contributed by atoms with E-state index in [1.54, 1.807) is 33.9 Å². The van der Waals surface area contributed by atoms with Crippen molar-refractivity contribution < 1.29 is 13.2 Å². The van der Waals surface area contributed by atoms with Gasteiger partial charge in [0.05, 0.1) is 15.5 Å². The van der Waals surface area contributed by atoms with Crippen molar-refractivity contribution in [3.63, 3.8) is 0 Å². The van der Waals surface area contributed by atoms with Crippen LogP contribution < -0.4 is 0 Å². The van der Waals surface area contributed by atoms with E-state index >= 15 is 0 Å². The topological polar surface area (TPSA) is 75.5 Å². The number of carbonyl (C=O) groups is 1. The Kier molecular flexibility index (Phi) is 7.79. The minimum Gasteiger partial charge on any atom is -0.290 e. The number of rotatable bonds is 8. The number of benzene rings is 2. The summed E-state index contributed by atoms with van der Waals surface area (Å²) < 4.78 is 30.0. The minimum absolute atomic E-state index is 0.0446. The number of thioether (sulfide) groups is 1. The van der Waals surface area contributed by atoms with E-state index in [1.807, 2.05) is 70.3 Å². The molecule has 1 fully saturated rings. The van der Waals surface area contributed by atoms with Crippen LogP contribution in [0.4, 0.5) is 0 Å². The molecule has 10 heteroatoms. The smallest absolute Gasteiger partial charge is 0.266 e. The Morgan fingerprint density at radius 2 is 1.78 bits per heavy atom. The van der Waals surface area contributed by atoms with Gasteiger partial charge in [0, 0.05) is 36.5 Å². The summed E-state index contributed by atoms with van der Waals surface area (Å²) in [6.07, 6.45) is 3.63. The largest absolute Gasteiger partial charge is 0.290 e. The quantitative estimate of drug-likeness (QED) is 0.290. The van der Waals surface area contributed by atoms with Crippen molar-refractivity contribution >= 4 is 50.3 Å². The van der Waals surface area contributed by atoms with Crippen LogP contribution in [0.3, 0.4) is 0 Å². The summed E-state index contributed by atoms with van der Waals surface area (Å²) in [6, 6.07) is 16.4. The SMILES string of the molecule is CCN(CC)S(=O)(=O)c1cccc(-c2nn(-c3ccccc3)cc2/C=C2/SC(=S)N(C(C)C)C2=O)c1. The van der Waals surface area contributed by atoms with Gasteiger partial charge >= 0.3 is 0 Å². The second-order valence-electron chi connectivity index (χ2n) is 8.48. The summed E-state index contributed by atoms with van der Waals surface area (Å²) in [7, 11) is -3.64. The van der Waals surface area contributed by atoms with Crippen molar-refractivity contribution in [1.82, 2.24) is 19.0 Å². The Hall–Kier alpha value is -2.79. The Balaban J connectivity index is 1.85. The van der Waals surface area contributed by atoms with E-state index in [9.17, 15) is 13.2 Å². The molecule has 1 amide bonds. The highest BCUT2D eigenvalue weighted by atomic mass is 32.2. The Labute approximate surface area is 221 Å². The molecule has 1 aliphatic rings. The highest BCUT2D eigenvalue weighted by Gasteiger charge is 2.34. The van der Waals surface area contributed by atoms with Crippen molar-refractivity contribution in [2.45, 2.75) is 38.6 Å². The molecule has 2 aromatic carbocycles. The third-order valence-corrected chi connectivity index (χ3v) is 9.22. The van der Waals surface area contributed by atoms with Gasteiger partial charge in [-0.25, -0.2) is 13.1 Å². The van der Waals surface area contributed by atoms with Crippen molar-refractivity contribution in [3.8, 4) is 16.9 Å². The van der Waals surface area contributed by atoms with Gasteiger partial charge in [0.15, 0.2) is 0 Å². The fourth-order valence-corrected chi connectivity index (χ4v) is 7.03. The second kappa shape index (κ2) is 10.7. The first-order chi connectivity index (χ1) is 17.2. The van der Waals surface area contributed by atoms with Gasteiger partial charge in [-0.2, -0.15) is 9.40 Å². The number of hydrogen-bond donors (Lipinski definition) is 0. The van der Waals surface area contributed by atoms with Gasteiger partial charge < -0.3 is 0 Å². The molecular formula is C26H28N4O3S3. The molecule has 0 saturated carbocycles. The zero-order valence-corrected chi connectivity index (χ0v) is 23.0. The predicted octanol–water partition coefficient (Wildman–Crippen LogP) is 5.18. The van der Waals surface area contributed by atoms with Crippen LogP contribution in [0.25, 0.3) is 23.0 Å². The zero-order chi connectivity index (χ0) is 26.0. The van der Waals surface area contributed by atoms with Crippen LogP contribution in [-0.2, 0) is 14.8 Å². The number of aromatic nitrogens is 2. The molecule has 0 bridgehead atoms. The molecule has 3 aromatic rings. The van der Waals surface area contributed by atoms with Crippen LogP contribution >= 0.6 is 24.0 Å². The van der Waals surface area contributed by atoms with Crippen LogP contribution in [0.5, 0.6) is 0 Å². The van der Waals surface area contributed by atoms with Gasteiger partial charge in [-0.15, -0.1) is 0 Å². The van der Waals surface area contributed by atoms with Gasteiger partial charge in [-0.1, -0.05) is 68.2 Å². The van der Waals surface area contributed by atoms with Gasteiger partial charge in [0.2, 0.25) is 10.0 Å². The highest BCUT2D eigenvalue weighted by molar-refractivity contribution is 8.26. The summed E-state index contributed by atoms with van der Waals surface area (Å²) in [5.74, 6) is -0.142. The average molecular weight is 541 g/mol. The lowest BCUT2D eigenvalue weighted by atomic mass is 10.1. The number of para-hydroxylation sites is 1. The molecule has 36 heavy (non-hydrogen) atoms. The molecule has 0 N–H and O–H groups in total. The maximum atomic E-state index is 13.2. The number of sulfonamides is 1. The first kappa shape index (κ1) is 26.3. The summed E-state index contributed by atoms with van der Waals surface area (Å²) in [6.45, 7) is 8.25. The van der Waals surface area contributed by atoms with Gasteiger partial charge in [-0.3, -0.25) is 9.69 Å². The normalized spacial score (nSPS) is 15.6. The van der Waals surface area contributed by atoms with Crippen LogP contribution in [0, 0.1) is 0 Å². The third-order valence-electron chi connectivity index (χ3n) is 5.84. The molecular weight excluding hydrogens is 513 g/mol. The summed E-state index contributed by atoms with van der Waals surface area (Å²) in [5, 5.41) is 4.80. The standard InChI is InChI=1S/C26H28N4O3S3/c1-5-28(6-2)36(32,33)22-14-10-11-19(15-22)24-20(17-29(27-24)21-12-8-7-9-13-21)16-23-25(31)30(18(3)4)26(34)35-23/h7-18H,5-6H2,1-4H3/b23-16+. The summed E-state index contributed by atoms with van der Waals surface area (Å²) in [5.41, 5.74) is 2.76. The molecule has 0 atom stereocenters. The molecule has 4 rings (SSSR count). The molecule has 1 saturated heterocycles. The van der Waals surface area contributed by atoms with E-state index in [2.05, 4.69) is 0 Å². The third kappa shape index (κ3) is 5.04. The number of thiocarbonyl (C=S) groups is 1. The van der Waals surface area contributed by atoms with Crippen LogP contribution in [0.15, 0.2) is 70.6 Å². The van der Waals surface area contributed by atoms with Crippen LogP contribution in [0.1, 0.15) is 33.3 Å². The summed E-state index contributed by atoms with van der Waals surface area (Å²) >= 11 is 6.70. The van der Waals surface area contributed by atoms with Crippen LogP contribution in [-0.4, -0.2) is 56.8 Å². The average Bonchev–Trinajstić information content (AvgIpc) is 3.40. The lowest BCUT2D eigenvalue weighted by Crippen LogP contribution is -2.34. The molecule has 2 heterocycles. The Bertz CT molecular complexity index is 1430. The Morgan fingerprint density at radius 1 is 1.08 bits per heavy atom. The monoisotopic (exact) mass is 540 g/mol. The van der Waals surface area contributed by atoms with E-state index in [4.69, 9.17) is 17.3 Å². The van der Waals surface area contributed by atoms with Crippen molar-refractivity contribution in [1.29, 1.82) is 0 Å². The first-order valence-corrected chi connectivity index (χ1v) is 14.4. The minimum atomic E-state index is -3.64. The molecule has 0 radical (unpaired) electrons. The summed E-state index contributed by atoms with van der Waals surface area (Å²) in [4.78, 5) is 15.4. The fraction of sp³-hybridized carbons (Fsp3) is 0.269. The molecule has 0 unspecified atom stereocenters. The van der Waals surface area contributed by atoms with Crippen molar-refractivity contribution in [2.75, 3.05) is 13.1 Å². The molecule has 1 aliphatic heterocycles. The molecule has 1 aromatic heterocycles. The fourth-order valence-electron chi connectivity index (χ4n) is 4.01. The molecule has 188 valence electrons.